The first-order valence-corrected chi connectivity index (χ1v) is 8.02. The van der Waals surface area contributed by atoms with E-state index in [9.17, 15) is 9.18 Å². The lowest BCUT2D eigenvalue weighted by Crippen LogP contribution is -2.33. The Morgan fingerprint density at radius 1 is 1.30 bits per heavy atom. The lowest BCUT2D eigenvalue weighted by molar-refractivity contribution is -0.121. The summed E-state index contributed by atoms with van der Waals surface area (Å²) in [6, 6.07) is 11.5. The number of hydrogen-bond donors (Lipinski definition) is 1. The summed E-state index contributed by atoms with van der Waals surface area (Å²) in [6.07, 6.45) is 3.31. The van der Waals surface area contributed by atoms with Gasteiger partial charge in [0.2, 0.25) is 0 Å². The minimum absolute atomic E-state index is 0.201. The maximum atomic E-state index is 13.2. The van der Waals surface area contributed by atoms with Gasteiger partial charge in [-0.15, -0.1) is 0 Å². The number of halogens is 1. The summed E-state index contributed by atoms with van der Waals surface area (Å²) in [5.41, 5.74) is 0.628. The normalized spacial score (nSPS) is 16.2. The first-order valence-electron chi connectivity index (χ1n) is 6.79. The van der Waals surface area contributed by atoms with Crippen LogP contribution in [0.5, 0.6) is 0 Å². The largest absolute Gasteiger partial charge is 0.352 e. The average Bonchev–Trinajstić information content (AvgIpc) is 2.80. The quantitative estimate of drug-likeness (QED) is 0.679. The van der Waals surface area contributed by atoms with Crippen molar-refractivity contribution in [1.29, 1.82) is 0 Å². The van der Waals surface area contributed by atoms with Gasteiger partial charge in [0, 0.05) is 6.20 Å². The van der Waals surface area contributed by atoms with E-state index in [4.69, 9.17) is 12.2 Å². The van der Waals surface area contributed by atoms with Gasteiger partial charge in [0.05, 0.1) is 11.6 Å². The van der Waals surface area contributed by atoms with Crippen molar-refractivity contribution >= 4 is 46.1 Å². The fourth-order valence-electron chi connectivity index (χ4n) is 2.01. The standard InChI is InChI=1S/C16H12FN3OS2/c17-12-5-3-4-11(8-12)9-13-15(21)20(16(22)23-13)10-19-14-6-1-2-7-18-14/h1-9H,10H2,(H,18,19). The van der Waals surface area contributed by atoms with Crippen molar-refractivity contribution in [3.05, 3.63) is 64.9 Å². The molecule has 0 atom stereocenters. The van der Waals surface area contributed by atoms with E-state index in [1.165, 1.54) is 28.8 Å². The van der Waals surface area contributed by atoms with Crippen LogP contribution in [0.3, 0.4) is 0 Å². The van der Waals surface area contributed by atoms with Gasteiger partial charge in [0.1, 0.15) is 16.0 Å². The lowest BCUT2D eigenvalue weighted by atomic mass is 10.2. The van der Waals surface area contributed by atoms with Crippen molar-refractivity contribution in [2.24, 2.45) is 0 Å². The molecule has 3 rings (SSSR count). The smallest absolute Gasteiger partial charge is 0.267 e. The summed E-state index contributed by atoms with van der Waals surface area (Å²) >= 11 is 6.45. The summed E-state index contributed by atoms with van der Waals surface area (Å²) < 4.78 is 13.7. The van der Waals surface area contributed by atoms with Gasteiger partial charge in [0.15, 0.2) is 0 Å². The molecular weight excluding hydrogens is 333 g/mol. The predicted octanol–water partition coefficient (Wildman–Crippen LogP) is 3.49. The molecule has 1 aliphatic heterocycles. The predicted molar refractivity (Wildman–Crippen MR) is 94.1 cm³/mol. The molecule has 4 nitrogen and oxygen atoms in total. The van der Waals surface area contributed by atoms with Crippen LogP contribution in [0.15, 0.2) is 53.6 Å². The first-order chi connectivity index (χ1) is 11.1. The number of carbonyl (C=O) groups excluding carboxylic acids is 1. The fourth-order valence-corrected chi connectivity index (χ4v) is 3.27. The van der Waals surface area contributed by atoms with E-state index in [-0.39, 0.29) is 18.4 Å². The number of carbonyl (C=O) groups is 1. The van der Waals surface area contributed by atoms with Crippen LogP contribution in [0.1, 0.15) is 5.56 Å². The van der Waals surface area contributed by atoms with Gasteiger partial charge in [0.25, 0.3) is 5.91 Å². The van der Waals surface area contributed by atoms with Gasteiger partial charge in [-0.3, -0.25) is 9.69 Å². The Morgan fingerprint density at radius 2 is 2.17 bits per heavy atom. The number of thiocarbonyl (C=S) groups is 1. The van der Waals surface area contributed by atoms with Crippen LogP contribution in [0, 0.1) is 5.82 Å². The van der Waals surface area contributed by atoms with Gasteiger partial charge in [-0.05, 0) is 35.9 Å². The maximum absolute atomic E-state index is 13.2. The SMILES string of the molecule is O=C1C(=Cc2cccc(F)c2)SC(=S)N1CNc1ccccn1. The van der Waals surface area contributed by atoms with Gasteiger partial charge < -0.3 is 5.32 Å². The number of nitrogens with zero attached hydrogens (tertiary/aromatic N) is 2. The Hall–Kier alpha value is -2.25. The van der Waals surface area contributed by atoms with Gasteiger partial charge in [-0.2, -0.15) is 0 Å². The molecule has 0 saturated carbocycles. The molecule has 7 heteroatoms. The van der Waals surface area contributed by atoms with Crippen LogP contribution in [0.2, 0.25) is 0 Å². The van der Waals surface area contributed by atoms with Crippen molar-refractivity contribution in [1.82, 2.24) is 9.88 Å². The second-order valence-electron chi connectivity index (χ2n) is 4.71. The Labute approximate surface area is 142 Å². The molecular formula is C16H12FN3OS2. The fraction of sp³-hybridized carbons (Fsp3) is 0.0625. The molecule has 1 aromatic heterocycles. The van der Waals surface area contributed by atoms with E-state index in [2.05, 4.69) is 10.3 Å². The highest BCUT2D eigenvalue weighted by Gasteiger charge is 2.31. The molecule has 2 heterocycles. The molecule has 1 N–H and O–H groups in total. The highest BCUT2D eigenvalue weighted by atomic mass is 32.2. The van der Waals surface area contributed by atoms with Crippen LogP contribution in [0.25, 0.3) is 6.08 Å². The molecule has 0 radical (unpaired) electrons. The third-order valence-electron chi connectivity index (χ3n) is 3.10. The zero-order chi connectivity index (χ0) is 16.2. The molecule has 2 aromatic rings. The number of nitrogens with one attached hydrogen (secondary N) is 1. The van der Waals surface area contributed by atoms with E-state index in [0.717, 1.165) is 0 Å². The van der Waals surface area contributed by atoms with Crippen LogP contribution >= 0.6 is 24.0 Å². The zero-order valence-corrected chi connectivity index (χ0v) is 13.5. The van der Waals surface area contributed by atoms with E-state index in [1.54, 1.807) is 30.5 Å². The van der Waals surface area contributed by atoms with Crippen molar-refractivity contribution < 1.29 is 9.18 Å². The summed E-state index contributed by atoms with van der Waals surface area (Å²) in [7, 11) is 0. The second-order valence-corrected chi connectivity index (χ2v) is 6.39. The van der Waals surface area contributed by atoms with E-state index in [1.807, 2.05) is 12.1 Å². The van der Waals surface area contributed by atoms with Crippen molar-refractivity contribution in [2.75, 3.05) is 12.0 Å². The molecule has 0 spiro atoms. The average molecular weight is 345 g/mol. The minimum atomic E-state index is -0.342. The lowest BCUT2D eigenvalue weighted by Gasteiger charge is -2.15. The Kier molecular flexibility index (Phi) is 4.68. The van der Waals surface area contributed by atoms with E-state index < -0.39 is 0 Å². The summed E-state index contributed by atoms with van der Waals surface area (Å²) in [6.45, 7) is 0.238. The number of rotatable bonds is 4. The van der Waals surface area contributed by atoms with Gasteiger partial charge in [-0.1, -0.05) is 42.2 Å². The number of aromatic nitrogens is 1. The molecule has 23 heavy (non-hydrogen) atoms. The number of benzene rings is 1. The highest BCUT2D eigenvalue weighted by molar-refractivity contribution is 8.26. The van der Waals surface area contributed by atoms with Gasteiger partial charge in [-0.25, -0.2) is 9.37 Å². The molecule has 1 aliphatic rings. The number of anilines is 1. The summed E-state index contributed by atoms with van der Waals surface area (Å²) in [5, 5.41) is 3.05. The maximum Gasteiger partial charge on any atom is 0.267 e. The summed E-state index contributed by atoms with van der Waals surface area (Å²) in [5.74, 6) is 0.120. The number of thioether (sulfide) groups is 1. The summed E-state index contributed by atoms with van der Waals surface area (Å²) in [4.78, 5) is 18.5. The van der Waals surface area contributed by atoms with Crippen molar-refractivity contribution in [3.63, 3.8) is 0 Å². The van der Waals surface area contributed by atoms with Crippen molar-refractivity contribution in [3.8, 4) is 0 Å². The van der Waals surface area contributed by atoms with Gasteiger partial charge >= 0.3 is 0 Å². The third kappa shape index (κ3) is 3.75. The molecule has 1 amide bonds. The Bertz CT molecular complexity index is 780. The van der Waals surface area contributed by atoms with E-state index >= 15 is 0 Å². The van der Waals surface area contributed by atoms with Crippen LogP contribution < -0.4 is 5.32 Å². The molecule has 1 fully saturated rings. The number of amides is 1. The molecule has 0 bridgehead atoms. The topological polar surface area (TPSA) is 45.2 Å². The molecule has 1 saturated heterocycles. The monoisotopic (exact) mass is 345 g/mol. The first kappa shape index (κ1) is 15.6. The zero-order valence-electron chi connectivity index (χ0n) is 11.9. The Balaban J connectivity index is 1.72. The molecule has 0 aliphatic carbocycles. The Morgan fingerprint density at radius 3 is 2.91 bits per heavy atom. The number of hydrogen-bond acceptors (Lipinski definition) is 5. The molecule has 0 unspecified atom stereocenters. The van der Waals surface area contributed by atoms with Crippen LogP contribution in [-0.2, 0) is 4.79 Å². The second kappa shape index (κ2) is 6.89. The molecule has 1 aromatic carbocycles. The van der Waals surface area contributed by atoms with Crippen LogP contribution in [0.4, 0.5) is 10.2 Å². The third-order valence-corrected chi connectivity index (χ3v) is 4.48. The number of pyridine rings is 1. The van der Waals surface area contributed by atoms with E-state index in [0.29, 0.717) is 20.6 Å². The minimum Gasteiger partial charge on any atom is -0.352 e. The van der Waals surface area contributed by atoms with Crippen molar-refractivity contribution in [2.45, 2.75) is 0 Å². The highest BCUT2D eigenvalue weighted by Crippen LogP contribution is 2.32. The van der Waals surface area contributed by atoms with Crippen LogP contribution in [-0.4, -0.2) is 26.8 Å². The molecule has 116 valence electrons.